The summed E-state index contributed by atoms with van der Waals surface area (Å²) in [6.07, 6.45) is 7.46. The summed E-state index contributed by atoms with van der Waals surface area (Å²) in [5, 5.41) is 2.95. The predicted octanol–water partition coefficient (Wildman–Crippen LogP) is 3.17. The van der Waals surface area contributed by atoms with Crippen LogP contribution < -0.4 is 10.2 Å². The maximum Gasteiger partial charge on any atom is 0.249 e. The van der Waals surface area contributed by atoms with Gasteiger partial charge in [0.05, 0.1) is 6.10 Å². The van der Waals surface area contributed by atoms with Gasteiger partial charge >= 0.3 is 0 Å². The van der Waals surface area contributed by atoms with Gasteiger partial charge in [0.2, 0.25) is 11.8 Å². The van der Waals surface area contributed by atoms with E-state index in [1.54, 1.807) is 4.90 Å². The lowest BCUT2D eigenvalue weighted by atomic mass is 10.1. The zero-order valence-corrected chi connectivity index (χ0v) is 15.0. The minimum Gasteiger partial charge on any atom is -0.365 e. The van der Waals surface area contributed by atoms with Crippen LogP contribution in [0.5, 0.6) is 0 Å². The molecule has 1 aliphatic heterocycles. The molecule has 1 aliphatic carbocycles. The number of β-lactam (4-membered cyclic amide) rings is 1. The molecule has 1 N–H and O–H groups in total. The second-order valence-corrected chi connectivity index (χ2v) is 7.07. The summed E-state index contributed by atoms with van der Waals surface area (Å²) in [7, 11) is 0. The Morgan fingerprint density at radius 1 is 1.28 bits per heavy atom. The highest BCUT2D eigenvalue weighted by Gasteiger charge is 2.25. The lowest BCUT2D eigenvalue weighted by Crippen LogP contribution is -2.43. The number of carbonyl (C=O) groups excluding carboxylic acids is 2. The Kier molecular flexibility index (Phi) is 6.08. The summed E-state index contributed by atoms with van der Waals surface area (Å²) in [6.45, 7) is 3.06. The Morgan fingerprint density at radius 2 is 2.04 bits per heavy atom. The second-order valence-electron chi connectivity index (χ2n) is 7.07. The summed E-state index contributed by atoms with van der Waals surface area (Å²) in [5.74, 6) is 0.0845. The van der Waals surface area contributed by atoms with Crippen LogP contribution in [-0.4, -0.2) is 30.6 Å². The number of amides is 2. The molecule has 1 aromatic rings. The Morgan fingerprint density at radius 3 is 2.68 bits per heavy atom. The van der Waals surface area contributed by atoms with Crippen molar-refractivity contribution in [3.63, 3.8) is 0 Å². The Labute approximate surface area is 149 Å². The highest BCUT2D eigenvalue weighted by atomic mass is 16.5. The molecule has 0 spiro atoms. The molecule has 1 saturated heterocycles. The van der Waals surface area contributed by atoms with E-state index in [1.807, 2.05) is 31.2 Å². The molecule has 0 aromatic heterocycles. The normalized spacial score (nSPS) is 19.9. The number of rotatable bonds is 6. The molecule has 0 radical (unpaired) electrons. The van der Waals surface area contributed by atoms with Crippen molar-refractivity contribution in [3.8, 4) is 0 Å². The highest BCUT2D eigenvalue weighted by molar-refractivity contribution is 5.99. The van der Waals surface area contributed by atoms with Gasteiger partial charge in [0, 0.05) is 25.2 Å². The smallest absolute Gasteiger partial charge is 0.249 e. The van der Waals surface area contributed by atoms with E-state index in [2.05, 4.69) is 5.32 Å². The SMILES string of the molecule is CC(OC1CCCCCC1)C(=O)NCc1cccc(N2CCC2=O)c1. The number of hydrogen-bond donors (Lipinski definition) is 1. The van der Waals surface area contributed by atoms with Crippen LogP contribution >= 0.6 is 0 Å². The molecule has 1 aromatic carbocycles. The molecule has 2 aliphatic rings. The first kappa shape index (κ1) is 17.9. The molecule has 1 atom stereocenters. The van der Waals surface area contributed by atoms with Gasteiger partial charge in [0.15, 0.2) is 0 Å². The van der Waals surface area contributed by atoms with Gasteiger partial charge in [-0.3, -0.25) is 9.59 Å². The molecular weight excluding hydrogens is 316 g/mol. The van der Waals surface area contributed by atoms with Crippen LogP contribution in [0.3, 0.4) is 0 Å². The van der Waals surface area contributed by atoms with Crippen molar-refractivity contribution in [1.29, 1.82) is 0 Å². The molecule has 1 heterocycles. The highest BCUT2D eigenvalue weighted by Crippen LogP contribution is 2.23. The fraction of sp³-hybridized carbons (Fsp3) is 0.600. The largest absolute Gasteiger partial charge is 0.365 e. The molecule has 5 nitrogen and oxygen atoms in total. The van der Waals surface area contributed by atoms with E-state index in [0.717, 1.165) is 30.6 Å². The lowest BCUT2D eigenvalue weighted by Gasteiger charge is -2.31. The van der Waals surface area contributed by atoms with Gasteiger partial charge in [-0.1, -0.05) is 37.8 Å². The first-order valence-electron chi connectivity index (χ1n) is 9.46. The van der Waals surface area contributed by atoms with Gasteiger partial charge < -0.3 is 15.0 Å². The van der Waals surface area contributed by atoms with E-state index < -0.39 is 6.10 Å². The molecule has 1 saturated carbocycles. The Hall–Kier alpha value is -1.88. The zero-order chi connectivity index (χ0) is 17.6. The molecule has 25 heavy (non-hydrogen) atoms. The minimum absolute atomic E-state index is 0.0744. The summed E-state index contributed by atoms with van der Waals surface area (Å²) in [6, 6.07) is 7.78. The maximum atomic E-state index is 12.3. The van der Waals surface area contributed by atoms with Crippen molar-refractivity contribution >= 4 is 17.5 Å². The van der Waals surface area contributed by atoms with Crippen LogP contribution in [0.2, 0.25) is 0 Å². The average molecular weight is 344 g/mol. The van der Waals surface area contributed by atoms with Gasteiger partial charge in [0.25, 0.3) is 0 Å². The van der Waals surface area contributed by atoms with E-state index in [0.29, 0.717) is 13.0 Å². The molecule has 3 rings (SSSR count). The van der Waals surface area contributed by atoms with Crippen molar-refractivity contribution in [2.45, 2.75) is 70.6 Å². The van der Waals surface area contributed by atoms with Crippen molar-refractivity contribution in [1.82, 2.24) is 5.32 Å². The van der Waals surface area contributed by atoms with Crippen LogP contribution in [0.1, 0.15) is 57.4 Å². The summed E-state index contributed by atoms with van der Waals surface area (Å²) < 4.78 is 5.96. The van der Waals surface area contributed by atoms with Gasteiger partial charge in [-0.25, -0.2) is 0 Å². The lowest BCUT2D eigenvalue weighted by molar-refractivity contribution is -0.136. The van der Waals surface area contributed by atoms with E-state index in [1.165, 1.54) is 25.7 Å². The average Bonchev–Trinajstić information content (AvgIpc) is 2.87. The van der Waals surface area contributed by atoms with Crippen LogP contribution in [-0.2, 0) is 20.9 Å². The third kappa shape index (κ3) is 4.82. The molecule has 2 amide bonds. The van der Waals surface area contributed by atoms with Gasteiger partial charge in [-0.15, -0.1) is 0 Å². The molecule has 2 fully saturated rings. The van der Waals surface area contributed by atoms with Crippen molar-refractivity contribution in [3.05, 3.63) is 29.8 Å². The zero-order valence-electron chi connectivity index (χ0n) is 15.0. The number of benzene rings is 1. The predicted molar refractivity (Wildman–Crippen MR) is 97.3 cm³/mol. The van der Waals surface area contributed by atoms with Crippen molar-refractivity contribution in [2.24, 2.45) is 0 Å². The van der Waals surface area contributed by atoms with Crippen LogP contribution in [0, 0.1) is 0 Å². The Bertz CT molecular complexity index is 609. The number of nitrogens with zero attached hydrogens (tertiary/aromatic N) is 1. The van der Waals surface area contributed by atoms with Crippen LogP contribution in [0.25, 0.3) is 0 Å². The van der Waals surface area contributed by atoms with Crippen LogP contribution in [0.15, 0.2) is 24.3 Å². The fourth-order valence-electron chi connectivity index (χ4n) is 3.48. The standard InChI is InChI=1S/C20H28N2O3/c1-15(25-18-9-4-2-3-5-10-18)20(24)21-14-16-7-6-8-17(13-16)22-12-11-19(22)23/h6-8,13,15,18H,2-5,9-12,14H2,1H3,(H,21,24). The van der Waals surface area contributed by atoms with E-state index in [-0.39, 0.29) is 17.9 Å². The minimum atomic E-state index is -0.428. The molecule has 1 unspecified atom stereocenters. The van der Waals surface area contributed by atoms with Gasteiger partial charge in [-0.05, 0) is 37.5 Å². The van der Waals surface area contributed by atoms with E-state index >= 15 is 0 Å². The Balaban J connectivity index is 1.48. The quantitative estimate of drug-likeness (QED) is 0.637. The molecule has 136 valence electrons. The summed E-state index contributed by atoms with van der Waals surface area (Å²) in [5.41, 5.74) is 1.90. The number of nitrogens with one attached hydrogen (secondary N) is 1. The number of hydrogen-bond acceptors (Lipinski definition) is 3. The van der Waals surface area contributed by atoms with E-state index in [4.69, 9.17) is 4.74 Å². The third-order valence-corrected chi connectivity index (χ3v) is 5.11. The molecular formula is C20H28N2O3. The van der Waals surface area contributed by atoms with E-state index in [9.17, 15) is 9.59 Å². The van der Waals surface area contributed by atoms with Gasteiger partial charge in [-0.2, -0.15) is 0 Å². The monoisotopic (exact) mass is 344 g/mol. The van der Waals surface area contributed by atoms with Crippen molar-refractivity contribution < 1.29 is 14.3 Å². The third-order valence-electron chi connectivity index (χ3n) is 5.11. The summed E-state index contributed by atoms with van der Waals surface area (Å²) in [4.78, 5) is 25.6. The number of anilines is 1. The topological polar surface area (TPSA) is 58.6 Å². The first-order valence-corrected chi connectivity index (χ1v) is 9.46. The first-order chi connectivity index (χ1) is 12.1. The molecule has 0 bridgehead atoms. The number of carbonyl (C=O) groups is 2. The van der Waals surface area contributed by atoms with Crippen LogP contribution in [0.4, 0.5) is 5.69 Å². The molecule has 5 heteroatoms. The van der Waals surface area contributed by atoms with Crippen molar-refractivity contribution in [2.75, 3.05) is 11.4 Å². The summed E-state index contributed by atoms with van der Waals surface area (Å²) >= 11 is 0. The number of ether oxygens (including phenoxy) is 1. The van der Waals surface area contributed by atoms with Gasteiger partial charge in [0.1, 0.15) is 6.10 Å². The second kappa shape index (κ2) is 8.48. The fourth-order valence-corrected chi connectivity index (χ4v) is 3.48. The maximum absolute atomic E-state index is 12.3.